The van der Waals surface area contributed by atoms with Crippen molar-refractivity contribution in [3.8, 4) is 0 Å². The van der Waals surface area contributed by atoms with Gasteiger partial charge in [0, 0.05) is 11.3 Å². The van der Waals surface area contributed by atoms with Gasteiger partial charge in [-0.05, 0) is 35.2 Å². The molecule has 1 N–H and O–H groups in total. The van der Waals surface area contributed by atoms with Crippen LogP contribution in [0.15, 0.2) is 4.60 Å². The molecule has 0 aliphatic heterocycles. The molecule has 1 aromatic rings. The summed E-state index contributed by atoms with van der Waals surface area (Å²) in [6.45, 7) is 0. The zero-order chi connectivity index (χ0) is 6.27. The fraction of sp³-hybridized carbons (Fsp3) is 0.500. The number of fused-ring (bicyclic) bond motifs is 1. The highest BCUT2D eigenvalue weighted by Gasteiger charge is 2.15. The van der Waals surface area contributed by atoms with Crippen molar-refractivity contribution in [3.05, 3.63) is 15.9 Å². The molecule has 3 heteroatoms. The maximum Gasteiger partial charge on any atom is 0.131 e. The van der Waals surface area contributed by atoms with Crippen molar-refractivity contribution >= 4 is 15.9 Å². The molecule has 0 fully saturated rings. The van der Waals surface area contributed by atoms with Gasteiger partial charge in [-0.15, -0.1) is 0 Å². The average Bonchev–Trinajstić information content (AvgIpc) is 2.35. The van der Waals surface area contributed by atoms with E-state index in [1.54, 1.807) is 0 Å². The highest BCUT2D eigenvalue weighted by Crippen LogP contribution is 2.25. The Labute approximate surface area is 61.8 Å². The van der Waals surface area contributed by atoms with Crippen LogP contribution in [0.1, 0.15) is 17.7 Å². The van der Waals surface area contributed by atoms with E-state index >= 15 is 0 Å². The van der Waals surface area contributed by atoms with Crippen LogP contribution in [0.4, 0.5) is 0 Å². The third-order valence-corrected chi connectivity index (χ3v) is 2.41. The number of nitrogens with zero attached hydrogens (tertiary/aromatic N) is 1. The molecule has 1 heterocycles. The lowest BCUT2D eigenvalue weighted by molar-refractivity contribution is 0.858. The van der Waals surface area contributed by atoms with Crippen molar-refractivity contribution < 1.29 is 0 Å². The number of H-pyrrole nitrogens is 1. The highest BCUT2D eigenvalue weighted by molar-refractivity contribution is 9.10. The second-order valence-electron chi connectivity index (χ2n) is 2.33. The summed E-state index contributed by atoms with van der Waals surface area (Å²) in [7, 11) is 0. The number of aromatic nitrogens is 2. The number of hydrogen-bond donors (Lipinski definition) is 1. The van der Waals surface area contributed by atoms with E-state index in [0.29, 0.717) is 0 Å². The van der Waals surface area contributed by atoms with Crippen LogP contribution in [0, 0.1) is 0 Å². The first-order valence-corrected chi connectivity index (χ1v) is 3.89. The maximum atomic E-state index is 4.03. The number of nitrogens with one attached hydrogen (secondary N) is 1. The minimum absolute atomic E-state index is 1.01. The van der Waals surface area contributed by atoms with E-state index in [1.165, 1.54) is 30.5 Å². The summed E-state index contributed by atoms with van der Waals surface area (Å²) in [5.74, 6) is 0. The Morgan fingerprint density at radius 2 is 2.33 bits per heavy atom. The quantitative estimate of drug-likeness (QED) is 0.657. The van der Waals surface area contributed by atoms with Gasteiger partial charge in [0.2, 0.25) is 0 Å². The van der Waals surface area contributed by atoms with Crippen LogP contribution in [0.5, 0.6) is 0 Å². The molecule has 1 aromatic heterocycles. The summed E-state index contributed by atoms with van der Waals surface area (Å²) in [4.78, 5) is 0. The second kappa shape index (κ2) is 1.84. The van der Waals surface area contributed by atoms with Gasteiger partial charge in [-0.25, -0.2) is 0 Å². The van der Waals surface area contributed by atoms with Crippen LogP contribution in [0.2, 0.25) is 0 Å². The molecule has 0 spiro atoms. The van der Waals surface area contributed by atoms with Crippen LogP contribution < -0.4 is 0 Å². The fourth-order valence-electron chi connectivity index (χ4n) is 1.28. The van der Waals surface area contributed by atoms with E-state index in [-0.39, 0.29) is 0 Å². The minimum atomic E-state index is 1.01. The predicted molar refractivity (Wildman–Crippen MR) is 38.3 cm³/mol. The minimum Gasteiger partial charge on any atom is -0.281 e. The summed E-state index contributed by atoms with van der Waals surface area (Å²) in [5.41, 5.74) is 2.71. The summed E-state index contributed by atoms with van der Waals surface area (Å²) < 4.78 is 1.01. The van der Waals surface area contributed by atoms with Crippen molar-refractivity contribution in [3.63, 3.8) is 0 Å². The highest BCUT2D eigenvalue weighted by atomic mass is 79.9. The monoisotopic (exact) mass is 186 g/mol. The van der Waals surface area contributed by atoms with E-state index in [0.717, 1.165) is 4.60 Å². The van der Waals surface area contributed by atoms with Gasteiger partial charge in [0.15, 0.2) is 0 Å². The molecule has 1 aliphatic carbocycles. The van der Waals surface area contributed by atoms with Crippen molar-refractivity contribution in [1.82, 2.24) is 10.2 Å². The maximum absolute atomic E-state index is 4.03. The van der Waals surface area contributed by atoms with Crippen molar-refractivity contribution in [1.29, 1.82) is 0 Å². The van der Waals surface area contributed by atoms with E-state index in [1.807, 2.05) is 0 Å². The molecule has 0 bridgehead atoms. The summed E-state index contributed by atoms with van der Waals surface area (Å²) in [6, 6.07) is 0. The van der Waals surface area contributed by atoms with Crippen LogP contribution in [0.3, 0.4) is 0 Å². The lowest BCUT2D eigenvalue weighted by Crippen LogP contribution is -1.76. The molecule has 1 aliphatic rings. The SMILES string of the molecule is Brc1n[nH]c2c1CCC2. The first-order chi connectivity index (χ1) is 4.38. The lowest BCUT2D eigenvalue weighted by Gasteiger charge is -1.82. The topological polar surface area (TPSA) is 28.7 Å². The summed E-state index contributed by atoms with van der Waals surface area (Å²) >= 11 is 3.37. The summed E-state index contributed by atoms with van der Waals surface area (Å²) in [6.07, 6.45) is 3.64. The molecular formula is C6H7BrN2. The zero-order valence-corrected chi connectivity index (χ0v) is 6.53. The van der Waals surface area contributed by atoms with Crippen molar-refractivity contribution in [2.75, 3.05) is 0 Å². The zero-order valence-electron chi connectivity index (χ0n) is 4.95. The molecule has 2 nitrogen and oxygen atoms in total. The number of hydrogen-bond acceptors (Lipinski definition) is 1. The number of rotatable bonds is 0. The number of aryl methyl sites for hydroxylation is 1. The third kappa shape index (κ3) is 0.713. The average molecular weight is 187 g/mol. The van der Waals surface area contributed by atoms with Gasteiger partial charge in [0.05, 0.1) is 0 Å². The Bertz CT molecular complexity index is 229. The van der Waals surface area contributed by atoms with Gasteiger partial charge in [-0.3, -0.25) is 5.10 Å². The second-order valence-corrected chi connectivity index (χ2v) is 3.08. The van der Waals surface area contributed by atoms with Crippen LogP contribution in [0.25, 0.3) is 0 Å². The van der Waals surface area contributed by atoms with E-state index < -0.39 is 0 Å². The molecular weight excluding hydrogens is 180 g/mol. The van der Waals surface area contributed by atoms with Crippen LogP contribution in [-0.2, 0) is 12.8 Å². The summed E-state index contributed by atoms with van der Waals surface area (Å²) in [5, 5.41) is 7.02. The Morgan fingerprint density at radius 3 is 3.11 bits per heavy atom. The fourth-order valence-corrected chi connectivity index (χ4v) is 1.81. The van der Waals surface area contributed by atoms with Gasteiger partial charge in [-0.2, -0.15) is 5.10 Å². The van der Waals surface area contributed by atoms with Crippen LogP contribution >= 0.6 is 15.9 Å². The first kappa shape index (κ1) is 5.47. The van der Waals surface area contributed by atoms with Crippen molar-refractivity contribution in [2.24, 2.45) is 0 Å². The molecule has 0 radical (unpaired) electrons. The molecule has 48 valence electrons. The smallest absolute Gasteiger partial charge is 0.131 e. The van der Waals surface area contributed by atoms with E-state index in [4.69, 9.17) is 0 Å². The standard InChI is InChI=1S/C6H7BrN2/c7-6-4-2-1-3-5(4)8-9-6/h1-3H2,(H,8,9). The van der Waals surface area contributed by atoms with Crippen molar-refractivity contribution in [2.45, 2.75) is 19.3 Å². The normalized spacial score (nSPS) is 16.1. The molecule has 0 saturated heterocycles. The third-order valence-electron chi connectivity index (χ3n) is 1.76. The Morgan fingerprint density at radius 1 is 1.44 bits per heavy atom. The molecule has 0 saturated carbocycles. The molecule has 2 rings (SSSR count). The predicted octanol–water partition coefficient (Wildman–Crippen LogP) is 1.66. The number of halogens is 1. The molecule has 0 aromatic carbocycles. The van der Waals surface area contributed by atoms with Gasteiger partial charge in [0.1, 0.15) is 4.60 Å². The van der Waals surface area contributed by atoms with Gasteiger partial charge >= 0.3 is 0 Å². The Balaban J connectivity index is 2.56. The van der Waals surface area contributed by atoms with E-state index in [9.17, 15) is 0 Å². The van der Waals surface area contributed by atoms with Crippen LogP contribution in [-0.4, -0.2) is 10.2 Å². The van der Waals surface area contributed by atoms with Gasteiger partial charge in [-0.1, -0.05) is 0 Å². The van der Waals surface area contributed by atoms with Gasteiger partial charge < -0.3 is 0 Å². The Hall–Kier alpha value is -0.310. The number of aromatic amines is 1. The van der Waals surface area contributed by atoms with Gasteiger partial charge in [0.25, 0.3) is 0 Å². The molecule has 0 amide bonds. The van der Waals surface area contributed by atoms with E-state index in [2.05, 4.69) is 26.1 Å². The Kier molecular flexibility index (Phi) is 1.12. The molecule has 9 heavy (non-hydrogen) atoms. The molecule has 0 unspecified atom stereocenters. The lowest BCUT2D eigenvalue weighted by atomic mass is 10.3. The largest absolute Gasteiger partial charge is 0.281 e. The molecule has 0 atom stereocenters. The first-order valence-electron chi connectivity index (χ1n) is 3.09.